The number of amides is 2. The summed E-state index contributed by atoms with van der Waals surface area (Å²) in [6.07, 6.45) is -7.49. The average molecular weight is 465 g/mol. The largest absolute Gasteiger partial charge is 0.391 e. The summed E-state index contributed by atoms with van der Waals surface area (Å²) in [4.78, 5) is 28.9. The number of hydrogen-bond acceptors (Lipinski definition) is 3. The molecule has 2 aliphatic carbocycles. The number of carbonyl (C=O) groups is 2. The first-order chi connectivity index (χ1) is 14.9. The van der Waals surface area contributed by atoms with Gasteiger partial charge in [0.05, 0.1) is 11.8 Å². The number of halogens is 6. The van der Waals surface area contributed by atoms with Crippen molar-refractivity contribution in [3.05, 3.63) is 29.6 Å². The van der Waals surface area contributed by atoms with Crippen LogP contribution in [0, 0.1) is 11.8 Å². The second-order valence-corrected chi connectivity index (χ2v) is 8.56. The molecule has 1 heterocycles. The van der Waals surface area contributed by atoms with Crippen molar-refractivity contribution in [2.75, 3.05) is 0 Å². The molecular weight excluding hydrogens is 440 g/mol. The van der Waals surface area contributed by atoms with Crippen LogP contribution in [0.3, 0.4) is 0 Å². The summed E-state index contributed by atoms with van der Waals surface area (Å²) < 4.78 is 77.8. The highest BCUT2D eigenvalue weighted by Gasteiger charge is 2.43. The van der Waals surface area contributed by atoms with Gasteiger partial charge in [-0.15, -0.1) is 0 Å². The van der Waals surface area contributed by atoms with E-state index >= 15 is 0 Å². The lowest BCUT2D eigenvalue weighted by atomic mass is 9.85. The van der Waals surface area contributed by atoms with Crippen molar-refractivity contribution in [1.82, 2.24) is 15.6 Å². The molecule has 3 rings (SSSR count). The van der Waals surface area contributed by atoms with E-state index in [0.29, 0.717) is 25.7 Å². The maximum atomic E-state index is 13.0. The monoisotopic (exact) mass is 465 g/mol. The third-order valence-electron chi connectivity index (χ3n) is 6.16. The van der Waals surface area contributed by atoms with Gasteiger partial charge in [-0.1, -0.05) is 18.9 Å². The molecule has 11 heteroatoms. The molecule has 4 atom stereocenters. The maximum absolute atomic E-state index is 13.0. The summed E-state index contributed by atoms with van der Waals surface area (Å²) in [7, 11) is 0. The fourth-order valence-electron chi connectivity index (χ4n) is 4.44. The number of aromatic nitrogens is 1. The van der Waals surface area contributed by atoms with Gasteiger partial charge in [-0.05, 0) is 50.7 Å². The topological polar surface area (TPSA) is 71.1 Å². The van der Waals surface area contributed by atoms with Gasteiger partial charge in [0.1, 0.15) is 11.4 Å². The van der Waals surface area contributed by atoms with E-state index < -0.39 is 48.1 Å². The summed E-state index contributed by atoms with van der Waals surface area (Å²) in [5.74, 6) is -4.32. The Bertz CT molecular complexity index is 763. The highest BCUT2D eigenvalue weighted by atomic mass is 19.4. The molecule has 2 saturated carbocycles. The summed E-state index contributed by atoms with van der Waals surface area (Å²) in [6, 6.07) is 2.76. The molecular formula is C21H25F6N3O2. The fourth-order valence-corrected chi connectivity index (χ4v) is 4.44. The Kier molecular flexibility index (Phi) is 7.34. The van der Waals surface area contributed by atoms with Crippen LogP contribution in [0.5, 0.6) is 0 Å². The summed E-state index contributed by atoms with van der Waals surface area (Å²) in [5, 5.41) is 5.10. The predicted octanol–water partition coefficient (Wildman–Crippen LogP) is 4.78. The van der Waals surface area contributed by atoms with Gasteiger partial charge in [-0.2, -0.15) is 26.3 Å². The third-order valence-corrected chi connectivity index (χ3v) is 6.16. The van der Waals surface area contributed by atoms with Crippen molar-refractivity contribution < 1.29 is 35.9 Å². The Morgan fingerprint density at radius 2 is 1.16 bits per heavy atom. The SMILES string of the molecule is O=C(NC1CCCC(C(F)(F)F)C1)c1cccc(C(=O)NC2CCCC(C(F)(F)F)C2)n1. The van der Waals surface area contributed by atoms with E-state index in [1.165, 1.54) is 18.2 Å². The molecule has 2 N–H and O–H groups in total. The number of carbonyl (C=O) groups excluding carboxylic acids is 2. The minimum atomic E-state index is -4.32. The minimum absolute atomic E-state index is 0.0279. The normalized spacial score (nSPS) is 26.9. The Morgan fingerprint density at radius 3 is 1.53 bits per heavy atom. The van der Waals surface area contributed by atoms with Crippen molar-refractivity contribution in [3.63, 3.8) is 0 Å². The number of hydrogen-bond donors (Lipinski definition) is 2. The first kappa shape index (κ1) is 24.3. The van der Waals surface area contributed by atoms with Gasteiger partial charge in [0.2, 0.25) is 0 Å². The van der Waals surface area contributed by atoms with E-state index in [9.17, 15) is 35.9 Å². The van der Waals surface area contributed by atoms with Gasteiger partial charge in [0, 0.05) is 12.1 Å². The smallest absolute Gasteiger partial charge is 0.348 e. The molecule has 178 valence electrons. The summed E-state index contributed by atoms with van der Waals surface area (Å²) >= 11 is 0. The first-order valence-electron chi connectivity index (χ1n) is 10.7. The summed E-state index contributed by atoms with van der Waals surface area (Å²) in [6.45, 7) is 0. The zero-order chi connectivity index (χ0) is 23.5. The Morgan fingerprint density at radius 1 is 0.750 bits per heavy atom. The molecule has 32 heavy (non-hydrogen) atoms. The number of nitrogens with zero attached hydrogens (tertiary/aromatic N) is 1. The molecule has 0 aromatic carbocycles. The van der Waals surface area contributed by atoms with Crippen molar-refractivity contribution in [1.29, 1.82) is 0 Å². The zero-order valence-electron chi connectivity index (χ0n) is 17.2. The van der Waals surface area contributed by atoms with E-state index in [0.717, 1.165) is 0 Å². The number of nitrogens with one attached hydrogen (secondary N) is 2. The van der Waals surface area contributed by atoms with Crippen molar-refractivity contribution in [2.45, 2.75) is 75.8 Å². The number of pyridine rings is 1. The van der Waals surface area contributed by atoms with Crippen LogP contribution in [-0.2, 0) is 0 Å². The fraction of sp³-hybridized carbons (Fsp3) is 0.667. The average Bonchev–Trinajstić information content (AvgIpc) is 2.73. The molecule has 2 aliphatic rings. The second kappa shape index (κ2) is 9.66. The van der Waals surface area contributed by atoms with E-state index in [1.807, 2.05) is 0 Å². The molecule has 0 radical (unpaired) electrons. The van der Waals surface area contributed by atoms with E-state index in [1.54, 1.807) is 0 Å². The number of alkyl halides is 6. The first-order valence-corrected chi connectivity index (χ1v) is 10.7. The predicted molar refractivity (Wildman–Crippen MR) is 103 cm³/mol. The van der Waals surface area contributed by atoms with Crippen LogP contribution in [-0.4, -0.2) is 41.2 Å². The van der Waals surface area contributed by atoms with Crippen LogP contribution >= 0.6 is 0 Å². The van der Waals surface area contributed by atoms with Gasteiger partial charge >= 0.3 is 12.4 Å². The zero-order valence-corrected chi connectivity index (χ0v) is 17.2. The lowest BCUT2D eigenvalue weighted by molar-refractivity contribution is -0.184. The molecule has 0 bridgehead atoms. The molecule has 0 spiro atoms. The molecule has 0 aliphatic heterocycles. The Balaban J connectivity index is 1.59. The maximum Gasteiger partial charge on any atom is 0.391 e. The summed E-state index contributed by atoms with van der Waals surface area (Å²) in [5.41, 5.74) is -0.271. The third kappa shape index (κ3) is 6.35. The van der Waals surface area contributed by atoms with Crippen molar-refractivity contribution in [2.24, 2.45) is 11.8 Å². The number of rotatable bonds is 4. The minimum Gasteiger partial charge on any atom is -0.348 e. The van der Waals surface area contributed by atoms with E-state index in [-0.39, 0.29) is 37.1 Å². The van der Waals surface area contributed by atoms with Crippen LogP contribution in [0.2, 0.25) is 0 Å². The van der Waals surface area contributed by atoms with Crippen LogP contribution < -0.4 is 10.6 Å². The van der Waals surface area contributed by atoms with Gasteiger partial charge in [-0.25, -0.2) is 4.98 Å². The molecule has 4 unspecified atom stereocenters. The van der Waals surface area contributed by atoms with Crippen molar-refractivity contribution >= 4 is 11.8 Å². The molecule has 5 nitrogen and oxygen atoms in total. The highest BCUT2D eigenvalue weighted by Crippen LogP contribution is 2.38. The van der Waals surface area contributed by atoms with Crippen LogP contribution in [0.1, 0.15) is 72.3 Å². The standard InChI is InChI=1S/C21H25F6N3O2/c22-20(23,24)12-4-1-6-14(10-12)28-18(31)16-8-3-9-17(30-16)19(32)29-15-7-2-5-13(11-15)21(25,26)27/h3,8-9,12-15H,1-2,4-7,10-11H2,(H,28,31)(H,29,32). The van der Waals surface area contributed by atoms with Crippen LogP contribution in [0.25, 0.3) is 0 Å². The second-order valence-electron chi connectivity index (χ2n) is 8.56. The van der Waals surface area contributed by atoms with Gasteiger partial charge in [0.25, 0.3) is 11.8 Å². The van der Waals surface area contributed by atoms with E-state index in [2.05, 4.69) is 15.6 Å². The van der Waals surface area contributed by atoms with E-state index in [4.69, 9.17) is 0 Å². The molecule has 0 saturated heterocycles. The molecule has 2 fully saturated rings. The molecule has 1 aromatic heterocycles. The van der Waals surface area contributed by atoms with Gasteiger partial charge < -0.3 is 10.6 Å². The highest BCUT2D eigenvalue weighted by molar-refractivity contribution is 5.96. The van der Waals surface area contributed by atoms with Crippen LogP contribution in [0.4, 0.5) is 26.3 Å². The molecule has 1 aromatic rings. The van der Waals surface area contributed by atoms with Crippen molar-refractivity contribution in [3.8, 4) is 0 Å². The lowest BCUT2D eigenvalue weighted by Gasteiger charge is -2.31. The molecule has 2 amide bonds. The van der Waals surface area contributed by atoms with Gasteiger partial charge in [-0.3, -0.25) is 9.59 Å². The van der Waals surface area contributed by atoms with Gasteiger partial charge in [0.15, 0.2) is 0 Å². The Hall–Kier alpha value is -2.33. The van der Waals surface area contributed by atoms with Crippen LogP contribution in [0.15, 0.2) is 18.2 Å². The quantitative estimate of drug-likeness (QED) is 0.629. The lowest BCUT2D eigenvalue weighted by Crippen LogP contribution is -2.42. The Labute approximate surface area is 181 Å².